The van der Waals surface area contributed by atoms with Crippen LogP contribution in [0.1, 0.15) is 6.92 Å². The molecule has 0 aromatic carbocycles. The summed E-state index contributed by atoms with van der Waals surface area (Å²) < 4.78 is 32.8. The van der Waals surface area contributed by atoms with E-state index in [1.54, 1.807) is 0 Å². The molecule has 0 heterocycles. The quantitative estimate of drug-likeness (QED) is 0.482. The fourth-order valence-corrected chi connectivity index (χ4v) is 2.09. The molecule has 0 fully saturated rings. The molecule has 0 aromatic rings. The number of carbonyl (C=O) groups excluding carboxylic acids is 1. The summed E-state index contributed by atoms with van der Waals surface area (Å²) in [6.45, 7) is 4.77. The Kier molecular flexibility index (Phi) is 7.01. The fourth-order valence-electron chi connectivity index (χ4n) is 1.06. The molecule has 1 unspecified atom stereocenters. The number of ether oxygens (including phenoxy) is 2. The van der Waals surface area contributed by atoms with Gasteiger partial charge in [-0.15, -0.1) is 6.58 Å². The molecular formula is C10H19NO5S. The van der Waals surface area contributed by atoms with Crippen LogP contribution in [0.25, 0.3) is 0 Å². The first-order valence-corrected chi connectivity index (χ1v) is 6.76. The van der Waals surface area contributed by atoms with Crippen molar-refractivity contribution < 1.29 is 22.7 Å². The van der Waals surface area contributed by atoms with Crippen LogP contribution < -0.4 is 5.32 Å². The molecule has 1 N–H and O–H groups in total. The smallest absolute Gasteiger partial charge is 0.238 e. The van der Waals surface area contributed by atoms with Crippen LogP contribution in [0, 0.1) is 0 Å². The zero-order valence-corrected chi connectivity index (χ0v) is 11.1. The normalized spacial score (nSPS) is 13.4. The van der Waals surface area contributed by atoms with Gasteiger partial charge in [0.05, 0.1) is 12.3 Å². The van der Waals surface area contributed by atoms with Crippen LogP contribution in [0.2, 0.25) is 0 Å². The van der Waals surface area contributed by atoms with Crippen LogP contribution in [0.5, 0.6) is 0 Å². The molecule has 1 atom stereocenters. The predicted molar refractivity (Wildman–Crippen MR) is 64.3 cm³/mol. The van der Waals surface area contributed by atoms with Crippen molar-refractivity contribution in [2.45, 2.75) is 18.5 Å². The summed E-state index contributed by atoms with van der Waals surface area (Å²) in [6.07, 6.45) is 0.667. The Morgan fingerprint density at radius 2 is 1.94 bits per heavy atom. The molecule has 100 valence electrons. The molecule has 0 aliphatic heterocycles. The fraction of sp³-hybridized carbons (Fsp3) is 0.700. The summed E-state index contributed by atoms with van der Waals surface area (Å²) in [5.41, 5.74) is 0. The molecule has 0 saturated carbocycles. The van der Waals surface area contributed by atoms with Gasteiger partial charge >= 0.3 is 0 Å². The number of hydrogen-bond donors (Lipinski definition) is 1. The molecule has 0 rings (SSSR count). The van der Waals surface area contributed by atoms with E-state index in [4.69, 9.17) is 9.47 Å². The average Bonchev–Trinajstić information content (AvgIpc) is 2.29. The zero-order valence-electron chi connectivity index (χ0n) is 10.3. The molecular weight excluding hydrogens is 246 g/mol. The highest BCUT2D eigenvalue weighted by atomic mass is 32.2. The van der Waals surface area contributed by atoms with E-state index in [0.717, 1.165) is 0 Å². The van der Waals surface area contributed by atoms with E-state index in [1.165, 1.54) is 27.2 Å². The Morgan fingerprint density at radius 3 is 2.35 bits per heavy atom. The van der Waals surface area contributed by atoms with Gasteiger partial charge in [-0.3, -0.25) is 4.79 Å². The maximum atomic E-state index is 11.6. The second kappa shape index (κ2) is 7.41. The molecule has 0 saturated heterocycles. The van der Waals surface area contributed by atoms with Crippen LogP contribution in [0.3, 0.4) is 0 Å². The number of nitrogens with one attached hydrogen (secondary N) is 1. The molecule has 0 spiro atoms. The molecule has 6 nitrogen and oxygen atoms in total. The van der Waals surface area contributed by atoms with Gasteiger partial charge < -0.3 is 14.8 Å². The standard InChI is InChI=1S/C10H19NO5S/c1-5-6-17(13,14)8(2)10(12)11-7-9(15-3)16-4/h5,8-9H,1,6-7H2,2-4H3,(H,11,12). The van der Waals surface area contributed by atoms with E-state index < -0.39 is 27.3 Å². The van der Waals surface area contributed by atoms with Crippen LogP contribution in [0.15, 0.2) is 12.7 Å². The third-order valence-corrected chi connectivity index (χ3v) is 4.22. The van der Waals surface area contributed by atoms with E-state index >= 15 is 0 Å². The first-order valence-electron chi connectivity index (χ1n) is 5.04. The van der Waals surface area contributed by atoms with Gasteiger partial charge in [0, 0.05) is 14.2 Å². The third-order valence-electron chi connectivity index (χ3n) is 2.23. The summed E-state index contributed by atoms with van der Waals surface area (Å²) in [4.78, 5) is 11.6. The van der Waals surface area contributed by atoms with E-state index in [2.05, 4.69) is 11.9 Å². The van der Waals surface area contributed by atoms with Gasteiger partial charge in [0.1, 0.15) is 5.25 Å². The topological polar surface area (TPSA) is 81.7 Å². The highest BCUT2D eigenvalue weighted by molar-refractivity contribution is 7.92. The first kappa shape index (κ1) is 16.1. The summed E-state index contributed by atoms with van der Waals surface area (Å²) in [5.74, 6) is -0.800. The van der Waals surface area contributed by atoms with Gasteiger partial charge in [-0.25, -0.2) is 8.42 Å². The SMILES string of the molecule is C=CCS(=O)(=O)C(C)C(=O)NCC(OC)OC. The summed E-state index contributed by atoms with van der Waals surface area (Å²) in [5, 5.41) is 1.33. The van der Waals surface area contributed by atoms with Crippen molar-refractivity contribution in [2.24, 2.45) is 0 Å². The van der Waals surface area contributed by atoms with Gasteiger partial charge in [0.2, 0.25) is 5.91 Å². The van der Waals surface area contributed by atoms with Crippen molar-refractivity contribution in [3.63, 3.8) is 0 Å². The molecule has 0 aliphatic carbocycles. The number of hydrogen-bond acceptors (Lipinski definition) is 5. The first-order chi connectivity index (χ1) is 7.88. The summed E-state index contributed by atoms with van der Waals surface area (Å²) >= 11 is 0. The van der Waals surface area contributed by atoms with Crippen LogP contribution >= 0.6 is 0 Å². The van der Waals surface area contributed by atoms with Crippen molar-refractivity contribution in [1.29, 1.82) is 0 Å². The Balaban J connectivity index is 4.37. The molecule has 1 amide bonds. The van der Waals surface area contributed by atoms with Crippen LogP contribution in [-0.4, -0.2) is 52.4 Å². The Morgan fingerprint density at radius 1 is 1.41 bits per heavy atom. The highest BCUT2D eigenvalue weighted by Crippen LogP contribution is 2.02. The minimum atomic E-state index is -3.48. The maximum Gasteiger partial charge on any atom is 0.238 e. The minimum absolute atomic E-state index is 0.0970. The molecule has 0 aromatic heterocycles. The monoisotopic (exact) mass is 265 g/mol. The van der Waals surface area contributed by atoms with Gasteiger partial charge in [0.15, 0.2) is 16.1 Å². The van der Waals surface area contributed by atoms with Crippen LogP contribution in [0.4, 0.5) is 0 Å². The summed E-state index contributed by atoms with van der Waals surface area (Å²) in [6, 6.07) is 0. The summed E-state index contributed by atoms with van der Waals surface area (Å²) in [7, 11) is -0.625. The average molecular weight is 265 g/mol. The second-order valence-electron chi connectivity index (χ2n) is 3.41. The van der Waals surface area contributed by atoms with Gasteiger partial charge in [0.25, 0.3) is 0 Å². The lowest BCUT2D eigenvalue weighted by Gasteiger charge is -2.16. The van der Waals surface area contributed by atoms with Gasteiger partial charge in [-0.05, 0) is 6.92 Å². The van der Waals surface area contributed by atoms with Crippen molar-refractivity contribution >= 4 is 15.7 Å². The minimum Gasteiger partial charge on any atom is -0.354 e. The number of rotatable bonds is 8. The Bertz CT molecular complexity index is 348. The van der Waals surface area contributed by atoms with Crippen molar-refractivity contribution in [2.75, 3.05) is 26.5 Å². The number of methoxy groups -OCH3 is 2. The van der Waals surface area contributed by atoms with Gasteiger partial charge in [-0.2, -0.15) is 0 Å². The molecule has 7 heteroatoms. The van der Waals surface area contributed by atoms with E-state index in [-0.39, 0.29) is 12.3 Å². The lowest BCUT2D eigenvalue weighted by molar-refractivity contribution is -0.126. The lowest BCUT2D eigenvalue weighted by Crippen LogP contribution is -2.42. The van der Waals surface area contributed by atoms with E-state index in [9.17, 15) is 13.2 Å². The third kappa shape index (κ3) is 5.29. The van der Waals surface area contributed by atoms with Crippen molar-refractivity contribution in [3.8, 4) is 0 Å². The maximum absolute atomic E-state index is 11.6. The predicted octanol–water partition coefficient (Wildman–Crippen LogP) is -0.289. The number of amides is 1. The molecule has 0 bridgehead atoms. The van der Waals surface area contributed by atoms with Gasteiger partial charge in [-0.1, -0.05) is 6.08 Å². The second-order valence-corrected chi connectivity index (χ2v) is 5.77. The largest absolute Gasteiger partial charge is 0.354 e. The van der Waals surface area contributed by atoms with E-state index in [0.29, 0.717) is 0 Å². The zero-order chi connectivity index (χ0) is 13.5. The lowest BCUT2D eigenvalue weighted by atomic mass is 10.4. The highest BCUT2D eigenvalue weighted by Gasteiger charge is 2.26. The molecule has 0 radical (unpaired) electrons. The van der Waals surface area contributed by atoms with Crippen molar-refractivity contribution in [1.82, 2.24) is 5.32 Å². The van der Waals surface area contributed by atoms with Crippen molar-refractivity contribution in [3.05, 3.63) is 12.7 Å². The van der Waals surface area contributed by atoms with E-state index in [1.807, 2.05) is 0 Å². The van der Waals surface area contributed by atoms with Crippen LogP contribution in [-0.2, 0) is 24.1 Å². The number of carbonyl (C=O) groups is 1. The Labute approximate surface area is 102 Å². The molecule has 17 heavy (non-hydrogen) atoms. The Hall–Kier alpha value is -0.920. The number of sulfone groups is 1. The molecule has 0 aliphatic rings.